The molecule has 0 aliphatic rings. The molecule has 0 spiro atoms. The average Bonchev–Trinajstić information content (AvgIpc) is 2.97. The third kappa shape index (κ3) is 3.65. The number of rotatable bonds is 5. The van der Waals surface area contributed by atoms with Crippen molar-refractivity contribution in [3.05, 3.63) is 47.3 Å². The van der Waals surface area contributed by atoms with Crippen molar-refractivity contribution < 1.29 is 13.2 Å². The van der Waals surface area contributed by atoms with E-state index in [0.29, 0.717) is 10.6 Å². The van der Waals surface area contributed by atoms with Gasteiger partial charge in [-0.15, -0.1) is 22.6 Å². The molecule has 0 fully saturated rings. The first-order valence-corrected chi connectivity index (χ1v) is 11.0. The summed E-state index contributed by atoms with van der Waals surface area (Å²) in [5, 5.41) is 0. The summed E-state index contributed by atoms with van der Waals surface area (Å²) in [5.74, 6) is 3.15. The van der Waals surface area contributed by atoms with Crippen LogP contribution in [0.1, 0.15) is 0 Å². The molecule has 0 amide bonds. The standard InChI is InChI=1S/C18H16N2O3S3/c1-4-11-20-16-10-7-14(24-3)12-17(16)25-18(20)19-26(21,22)15-8-5-13(23-2)6-9-15/h1,5-10,12H,11H2,2-3H3. The summed E-state index contributed by atoms with van der Waals surface area (Å²) >= 11 is 2.93. The van der Waals surface area contributed by atoms with Gasteiger partial charge < -0.3 is 9.30 Å². The summed E-state index contributed by atoms with van der Waals surface area (Å²) in [5.41, 5.74) is 0.870. The van der Waals surface area contributed by atoms with Crippen LogP contribution in [0.15, 0.2) is 56.7 Å². The van der Waals surface area contributed by atoms with Gasteiger partial charge in [-0.3, -0.25) is 0 Å². The van der Waals surface area contributed by atoms with Crippen LogP contribution in [-0.4, -0.2) is 26.4 Å². The molecule has 0 aliphatic carbocycles. The Balaban J connectivity index is 2.18. The molecule has 0 atom stereocenters. The minimum Gasteiger partial charge on any atom is -0.497 e. The van der Waals surface area contributed by atoms with E-state index in [2.05, 4.69) is 10.3 Å². The summed E-state index contributed by atoms with van der Waals surface area (Å²) in [6, 6.07) is 12.1. The molecule has 2 aromatic carbocycles. The predicted molar refractivity (Wildman–Crippen MR) is 106 cm³/mol. The maximum absolute atomic E-state index is 12.7. The highest BCUT2D eigenvalue weighted by Crippen LogP contribution is 2.24. The number of aromatic nitrogens is 1. The van der Waals surface area contributed by atoms with Gasteiger partial charge in [-0.25, -0.2) is 0 Å². The van der Waals surface area contributed by atoms with Crippen LogP contribution in [0.2, 0.25) is 0 Å². The van der Waals surface area contributed by atoms with E-state index < -0.39 is 10.0 Å². The summed E-state index contributed by atoms with van der Waals surface area (Å²) < 4.78 is 37.2. The van der Waals surface area contributed by atoms with E-state index in [1.165, 1.54) is 30.6 Å². The number of hydrogen-bond acceptors (Lipinski definition) is 5. The Morgan fingerprint density at radius 3 is 2.62 bits per heavy atom. The first-order chi connectivity index (χ1) is 12.5. The minimum absolute atomic E-state index is 0.104. The molecular formula is C18H16N2O3S3. The molecule has 0 unspecified atom stereocenters. The number of terminal acetylenes is 1. The Morgan fingerprint density at radius 2 is 2.00 bits per heavy atom. The van der Waals surface area contributed by atoms with Gasteiger partial charge in [-0.1, -0.05) is 17.3 Å². The SMILES string of the molecule is C#CCn1c(=NS(=O)(=O)c2ccc(OC)cc2)sc2cc(SC)ccc21. The average molecular weight is 405 g/mol. The van der Waals surface area contributed by atoms with Gasteiger partial charge >= 0.3 is 0 Å². The van der Waals surface area contributed by atoms with Crippen molar-refractivity contribution >= 4 is 43.3 Å². The zero-order valence-electron chi connectivity index (χ0n) is 14.2. The second-order valence-corrected chi connectivity index (χ2v) is 8.74. The molecule has 0 aliphatic heterocycles. The highest BCUT2D eigenvalue weighted by Gasteiger charge is 2.15. The molecule has 0 saturated carbocycles. The van der Waals surface area contributed by atoms with Gasteiger partial charge in [-0.2, -0.15) is 8.42 Å². The van der Waals surface area contributed by atoms with E-state index in [9.17, 15) is 8.42 Å². The van der Waals surface area contributed by atoms with Gasteiger partial charge in [0.05, 0.1) is 28.8 Å². The molecule has 1 heterocycles. The lowest BCUT2D eigenvalue weighted by Crippen LogP contribution is -2.16. The third-order valence-electron chi connectivity index (χ3n) is 3.69. The summed E-state index contributed by atoms with van der Waals surface area (Å²) in [4.78, 5) is 1.55. The topological polar surface area (TPSA) is 60.7 Å². The Kier molecular flexibility index (Phi) is 5.41. The zero-order valence-corrected chi connectivity index (χ0v) is 16.6. The Morgan fingerprint density at radius 1 is 1.27 bits per heavy atom. The number of thiazole rings is 1. The minimum atomic E-state index is -3.86. The van der Waals surface area contributed by atoms with Crippen LogP contribution in [-0.2, 0) is 16.6 Å². The molecule has 134 valence electrons. The normalized spacial score (nSPS) is 12.3. The second-order valence-electron chi connectivity index (χ2n) is 5.25. The van der Waals surface area contributed by atoms with Crippen LogP contribution in [0.5, 0.6) is 5.75 Å². The van der Waals surface area contributed by atoms with Crippen LogP contribution in [0, 0.1) is 12.3 Å². The molecule has 3 aromatic rings. The molecule has 5 nitrogen and oxygen atoms in total. The van der Waals surface area contributed by atoms with Gasteiger partial charge in [0.15, 0.2) is 0 Å². The third-order valence-corrected chi connectivity index (χ3v) is 6.86. The second kappa shape index (κ2) is 7.58. The lowest BCUT2D eigenvalue weighted by atomic mass is 10.3. The van der Waals surface area contributed by atoms with Crippen LogP contribution >= 0.6 is 23.1 Å². The molecule has 26 heavy (non-hydrogen) atoms. The molecule has 0 bridgehead atoms. The Hall–Kier alpha value is -2.21. The van der Waals surface area contributed by atoms with Crippen molar-refractivity contribution in [3.63, 3.8) is 0 Å². The molecule has 1 aromatic heterocycles. The molecular weight excluding hydrogens is 388 g/mol. The Bertz CT molecular complexity index is 1150. The monoisotopic (exact) mass is 404 g/mol. The maximum Gasteiger partial charge on any atom is 0.285 e. The van der Waals surface area contributed by atoms with Gasteiger partial charge in [0.25, 0.3) is 10.0 Å². The fourth-order valence-corrected chi connectivity index (χ4v) is 5.18. The van der Waals surface area contributed by atoms with Crippen LogP contribution < -0.4 is 9.54 Å². The van der Waals surface area contributed by atoms with E-state index in [0.717, 1.165) is 15.1 Å². The van der Waals surface area contributed by atoms with Gasteiger partial charge in [0.1, 0.15) is 5.75 Å². The van der Waals surface area contributed by atoms with Crippen LogP contribution in [0.4, 0.5) is 0 Å². The van der Waals surface area contributed by atoms with E-state index in [1.54, 1.807) is 28.5 Å². The van der Waals surface area contributed by atoms with E-state index >= 15 is 0 Å². The first-order valence-electron chi connectivity index (χ1n) is 7.54. The number of hydrogen-bond donors (Lipinski definition) is 0. The molecule has 0 saturated heterocycles. The van der Waals surface area contributed by atoms with E-state index in [-0.39, 0.29) is 11.4 Å². The molecule has 0 N–H and O–H groups in total. The largest absolute Gasteiger partial charge is 0.497 e. The number of ether oxygens (including phenoxy) is 1. The number of thioether (sulfide) groups is 1. The zero-order chi connectivity index (χ0) is 18.7. The van der Waals surface area contributed by atoms with E-state index in [4.69, 9.17) is 11.2 Å². The summed E-state index contributed by atoms with van der Waals surface area (Å²) in [6.45, 7) is 0.246. The summed E-state index contributed by atoms with van der Waals surface area (Å²) in [7, 11) is -2.33. The van der Waals surface area contributed by atoms with Crippen LogP contribution in [0.3, 0.4) is 0 Å². The van der Waals surface area contributed by atoms with Crippen molar-refractivity contribution in [1.82, 2.24) is 4.57 Å². The van der Waals surface area contributed by atoms with Crippen molar-refractivity contribution in [2.24, 2.45) is 4.40 Å². The van der Waals surface area contributed by atoms with Crippen LogP contribution in [0.25, 0.3) is 10.2 Å². The fourth-order valence-electron chi connectivity index (χ4n) is 2.40. The van der Waals surface area contributed by atoms with Gasteiger partial charge in [0, 0.05) is 4.90 Å². The van der Waals surface area contributed by atoms with Crippen molar-refractivity contribution in [2.75, 3.05) is 13.4 Å². The molecule has 0 radical (unpaired) electrons. The van der Waals surface area contributed by atoms with Gasteiger partial charge in [0.2, 0.25) is 4.80 Å². The van der Waals surface area contributed by atoms with E-state index in [1.807, 2.05) is 24.5 Å². The lowest BCUT2D eigenvalue weighted by Gasteiger charge is -2.02. The summed E-state index contributed by atoms with van der Waals surface area (Å²) in [6.07, 6.45) is 7.46. The van der Waals surface area contributed by atoms with Crippen molar-refractivity contribution in [3.8, 4) is 18.1 Å². The van der Waals surface area contributed by atoms with Gasteiger partial charge in [-0.05, 0) is 48.7 Å². The first kappa shape index (κ1) is 18.6. The number of fused-ring (bicyclic) bond motifs is 1. The number of sulfonamides is 1. The number of methoxy groups -OCH3 is 1. The number of benzene rings is 2. The predicted octanol–water partition coefficient (Wildman–Crippen LogP) is 3.36. The fraction of sp³-hybridized carbons (Fsp3) is 0.167. The quantitative estimate of drug-likeness (QED) is 0.483. The maximum atomic E-state index is 12.7. The smallest absolute Gasteiger partial charge is 0.285 e. The number of nitrogens with zero attached hydrogens (tertiary/aromatic N) is 2. The molecule has 3 rings (SSSR count). The lowest BCUT2D eigenvalue weighted by molar-refractivity contribution is 0.414. The Labute approximate surface area is 160 Å². The molecule has 8 heteroatoms. The highest BCUT2D eigenvalue weighted by atomic mass is 32.2. The van der Waals surface area contributed by atoms with Crippen molar-refractivity contribution in [1.29, 1.82) is 0 Å². The van der Waals surface area contributed by atoms with Crippen molar-refractivity contribution in [2.45, 2.75) is 16.3 Å². The highest BCUT2D eigenvalue weighted by molar-refractivity contribution is 7.98.